The van der Waals surface area contributed by atoms with Crippen LogP contribution in [0.3, 0.4) is 0 Å². The van der Waals surface area contributed by atoms with Crippen molar-refractivity contribution < 1.29 is 14.3 Å². The van der Waals surface area contributed by atoms with Crippen LogP contribution >= 0.6 is 0 Å². The standard InChI is InChI=1S/C34H56O3/c1-21-18-25-26(35)19-24-23(31(25,8)20-22(21)2)12-16-33(10)27(13-17-32(24,33)9)34(11)28(14-15-29(3,4)5)36-30(6,7)37-34/h19,21-23,25,27-28H,12-18,20H2,1-11H3/t21-,22+,23?,25+,27+,28-,31-,32+,33-,34-/m1/s1. The maximum atomic E-state index is 13.8. The maximum absolute atomic E-state index is 13.8. The number of carbonyl (C=O) groups excluding carboxylic acids is 1. The molecule has 0 amide bonds. The van der Waals surface area contributed by atoms with Gasteiger partial charge < -0.3 is 9.47 Å². The summed E-state index contributed by atoms with van der Waals surface area (Å²) >= 11 is 0. The highest BCUT2D eigenvalue weighted by Crippen LogP contribution is 2.73. The van der Waals surface area contributed by atoms with Crippen LogP contribution < -0.4 is 0 Å². The van der Waals surface area contributed by atoms with E-state index in [4.69, 9.17) is 9.47 Å². The maximum Gasteiger partial charge on any atom is 0.164 e. The summed E-state index contributed by atoms with van der Waals surface area (Å²) in [6.07, 6.45) is 11.5. The number of ether oxygens (including phenoxy) is 2. The van der Waals surface area contributed by atoms with Crippen LogP contribution in [0.2, 0.25) is 0 Å². The molecule has 3 heteroatoms. The van der Waals surface area contributed by atoms with Crippen molar-refractivity contribution in [1.82, 2.24) is 0 Å². The molecule has 3 saturated carbocycles. The fourth-order valence-electron chi connectivity index (χ4n) is 10.5. The molecule has 1 heterocycles. The molecule has 37 heavy (non-hydrogen) atoms. The first-order valence-corrected chi connectivity index (χ1v) is 15.5. The second kappa shape index (κ2) is 8.42. The molecule has 0 N–H and O–H groups in total. The third kappa shape index (κ3) is 4.06. The van der Waals surface area contributed by atoms with E-state index in [9.17, 15) is 4.79 Å². The van der Waals surface area contributed by atoms with Gasteiger partial charge in [-0.25, -0.2) is 0 Å². The van der Waals surface area contributed by atoms with Gasteiger partial charge in [0.1, 0.15) is 0 Å². The van der Waals surface area contributed by atoms with Gasteiger partial charge in [-0.1, -0.05) is 61.0 Å². The van der Waals surface area contributed by atoms with Crippen molar-refractivity contribution in [3.05, 3.63) is 11.6 Å². The minimum absolute atomic E-state index is 0.0458. The zero-order chi connectivity index (χ0) is 27.4. The molecule has 5 rings (SSSR count). The highest BCUT2D eigenvalue weighted by molar-refractivity contribution is 5.94. The highest BCUT2D eigenvalue weighted by atomic mass is 16.8. The average molecular weight is 513 g/mol. The van der Waals surface area contributed by atoms with Crippen LogP contribution in [0.25, 0.3) is 0 Å². The molecule has 1 saturated heterocycles. The summed E-state index contributed by atoms with van der Waals surface area (Å²) < 4.78 is 13.6. The fourth-order valence-corrected chi connectivity index (χ4v) is 10.5. The molecule has 0 bridgehead atoms. The Morgan fingerprint density at radius 1 is 0.946 bits per heavy atom. The van der Waals surface area contributed by atoms with Crippen LogP contribution in [-0.2, 0) is 14.3 Å². The van der Waals surface area contributed by atoms with E-state index < -0.39 is 5.79 Å². The van der Waals surface area contributed by atoms with Crippen molar-refractivity contribution >= 4 is 5.78 Å². The van der Waals surface area contributed by atoms with Crippen LogP contribution in [0.15, 0.2) is 11.6 Å². The van der Waals surface area contributed by atoms with Gasteiger partial charge in [0.15, 0.2) is 11.6 Å². The molecule has 1 unspecified atom stereocenters. The molecule has 0 aromatic rings. The number of carbonyl (C=O) groups is 1. The normalized spacial score (nSPS) is 51.3. The van der Waals surface area contributed by atoms with E-state index in [0.29, 0.717) is 29.5 Å². The molecule has 1 aliphatic heterocycles. The summed E-state index contributed by atoms with van der Waals surface area (Å²) in [4.78, 5) is 13.8. The van der Waals surface area contributed by atoms with Crippen molar-refractivity contribution in [3.63, 3.8) is 0 Å². The van der Waals surface area contributed by atoms with Gasteiger partial charge in [-0.2, -0.15) is 0 Å². The van der Waals surface area contributed by atoms with Crippen molar-refractivity contribution in [3.8, 4) is 0 Å². The molecule has 210 valence electrons. The van der Waals surface area contributed by atoms with Crippen molar-refractivity contribution in [2.24, 2.45) is 51.2 Å². The van der Waals surface area contributed by atoms with Crippen molar-refractivity contribution in [1.29, 1.82) is 0 Å². The Bertz CT molecular complexity index is 972. The number of fused-ring (bicyclic) bond motifs is 5. The predicted molar refractivity (Wildman–Crippen MR) is 151 cm³/mol. The first-order chi connectivity index (χ1) is 16.9. The molecule has 0 aromatic heterocycles. The first kappa shape index (κ1) is 27.9. The molecule has 5 aliphatic rings. The monoisotopic (exact) mass is 512 g/mol. The van der Waals surface area contributed by atoms with E-state index in [1.165, 1.54) is 24.8 Å². The van der Waals surface area contributed by atoms with Gasteiger partial charge in [-0.15, -0.1) is 0 Å². The smallest absolute Gasteiger partial charge is 0.164 e. The molecule has 4 fully saturated rings. The van der Waals surface area contributed by atoms with Gasteiger partial charge in [-0.3, -0.25) is 4.79 Å². The molecular formula is C34H56O3. The summed E-state index contributed by atoms with van der Waals surface area (Å²) in [7, 11) is 0. The number of hydrogen-bond acceptors (Lipinski definition) is 3. The zero-order valence-corrected chi connectivity index (χ0v) is 25.9. The Morgan fingerprint density at radius 3 is 2.27 bits per heavy atom. The lowest BCUT2D eigenvalue weighted by Gasteiger charge is -2.62. The first-order valence-electron chi connectivity index (χ1n) is 15.5. The third-order valence-electron chi connectivity index (χ3n) is 12.9. The molecule has 0 radical (unpaired) electrons. The Morgan fingerprint density at radius 2 is 1.62 bits per heavy atom. The molecule has 0 aromatic carbocycles. The van der Waals surface area contributed by atoms with Gasteiger partial charge in [0.25, 0.3) is 0 Å². The molecule has 4 aliphatic carbocycles. The summed E-state index contributed by atoms with van der Waals surface area (Å²) in [6, 6.07) is 0. The lowest BCUT2D eigenvalue weighted by molar-refractivity contribution is -0.183. The second-order valence-electron chi connectivity index (χ2n) is 16.8. The topological polar surface area (TPSA) is 35.5 Å². The third-order valence-corrected chi connectivity index (χ3v) is 12.9. The van der Waals surface area contributed by atoms with E-state index in [0.717, 1.165) is 32.1 Å². The summed E-state index contributed by atoms with van der Waals surface area (Å²) in [5, 5.41) is 0. The Hall–Kier alpha value is -0.670. The van der Waals surface area contributed by atoms with E-state index in [2.05, 4.69) is 82.2 Å². The predicted octanol–water partition coefficient (Wildman–Crippen LogP) is 8.75. The van der Waals surface area contributed by atoms with Crippen molar-refractivity contribution in [2.75, 3.05) is 0 Å². The molecular weight excluding hydrogens is 456 g/mol. The van der Waals surface area contributed by atoms with Gasteiger partial charge in [0, 0.05) is 5.92 Å². The highest BCUT2D eigenvalue weighted by Gasteiger charge is 2.69. The van der Waals surface area contributed by atoms with E-state index in [1.807, 2.05) is 0 Å². The van der Waals surface area contributed by atoms with E-state index in [-0.39, 0.29) is 39.3 Å². The van der Waals surface area contributed by atoms with Crippen LogP contribution in [0.4, 0.5) is 0 Å². The van der Waals surface area contributed by atoms with Gasteiger partial charge in [0.2, 0.25) is 0 Å². The largest absolute Gasteiger partial charge is 0.344 e. The van der Waals surface area contributed by atoms with Gasteiger partial charge >= 0.3 is 0 Å². The van der Waals surface area contributed by atoms with Crippen LogP contribution in [-0.4, -0.2) is 23.3 Å². The van der Waals surface area contributed by atoms with E-state index in [1.54, 1.807) is 0 Å². The minimum Gasteiger partial charge on any atom is -0.344 e. The number of allylic oxidation sites excluding steroid dienone is 2. The van der Waals surface area contributed by atoms with Crippen LogP contribution in [0.1, 0.15) is 128 Å². The second-order valence-corrected chi connectivity index (χ2v) is 16.8. The zero-order valence-electron chi connectivity index (χ0n) is 25.9. The number of rotatable bonds is 3. The number of ketones is 1. The Balaban J connectivity index is 1.51. The summed E-state index contributed by atoms with van der Waals surface area (Å²) in [6.45, 7) is 25.9. The summed E-state index contributed by atoms with van der Waals surface area (Å²) in [5.41, 5.74) is 1.73. The quantitative estimate of drug-likeness (QED) is 0.379. The van der Waals surface area contributed by atoms with Gasteiger partial charge in [0.05, 0.1) is 11.7 Å². The van der Waals surface area contributed by atoms with Crippen LogP contribution in [0, 0.1) is 51.2 Å². The molecule has 3 nitrogen and oxygen atoms in total. The van der Waals surface area contributed by atoms with Gasteiger partial charge in [-0.05, 0) is 124 Å². The number of hydrogen-bond donors (Lipinski definition) is 0. The average Bonchev–Trinajstić information content (AvgIpc) is 3.17. The lowest BCUT2D eigenvalue weighted by atomic mass is 9.42. The Kier molecular flexibility index (Phi) is 6.34. The fraction of sp³-hybridized carbons (Fsp3) is 0.912. The minimum atomic E-state index is -0.556. The Labute approximate surface area is 227 Å². The van der Waals surface area contributed by atoms with Crippen molar-refractivity contribution in [2.45, 2.75) is 145 Å². The SMILES string of the molecule is C[C@@H]1C[C@H]2C(=O)C=C3C(CC[C@]4(C)[C@@H]([C@@]5(C)OC(C)(C)O[C@@H]5CCC(C)(C)C)CC[C@@]34C)[C@@]2(C)C[C@@H]1C. The lowest BCUT2D eigenvalue weighted by Crippen LogP contribution is -2.58. The molecule has 10 atom stereocenters. The summed E-state index contributed by atoms with van der Waals surface area (Å²) in [5.74, 6) is 2.39. The van der Waals surface area contributed by atoms with Crippen LogP contribution in [0.5, 0.6) is 0 Å². The van der Waals surface area contributed by atoms with E-state index >= 15 is 0 Å². The molecule has 0 spiro atoms.